The van der Waals surface area contributed by atoms with E-state index >= 15 is 0 Å². The molecule has 1 aromatic carbocycles. The number of anilines is 1. The SMILES string of the molecule is Cc1ccc(S(N)(=O)=O)cc1NC(=O)C(C)(C)N. The fourth-order valence-electron chi connectivity index (χ4n) is 1.20. The van der Waals surface area contributed by atoms with Gasteiger partial charge in [-0.3, -0.25) is 4.79 Å². The fraction of sp³-hybridized carbons (Fsp3) is 0.364. The molecule has 18 heavy (non-hydrogen) atoms. The summed E-state index contributed by atoms with van der Waals surface area (Å²) in [6.07, 6.45) is 0. The number of hydrogen-bond acceptors (Lipinski definition) is 4. The summed E-state index contributed by atoms with van der Waals surface area (Å²) >= 11 is 0. The maximum atomic E-state index is 11.7. The van der Waals surface area contributed by atoms with Crippen LogP contribution in [-0.4, -0.2) is 19.9 Å². The minimum Gasteiger partial charge on any atom is -0.324 e. The lowest BCUT2D eigenvalue weighted by Gasteiger charge is -2.19. The van der Waals surface area contributed by atoms with Crippen molar-refractivity contribution in [2.24, 2.45) is 10.9 Å². The van der Waals surface area contributed by atoms with E-state index in [0.717, 1.165) is 5.56 Å². The van der Waals surface area contributed by atoms with Gasteiger partial charge in [0.25, 0.3) is 0 Å². The molecule has 1 rings (SSSR count). The van der Waals surface area contributed by atoms with Crippen LogP contribution in [0.25, 0.3) is 0 Å². The Kier molecular flexibility index (Phi) is 3.80. The van der Waals surface area contributed by atoms with Crippen molar-refractivity contribution >= 4 is 21.6 Å². The number of nitrogens with one attached hydrogen (secondary N) is 1. The zero-order chi connectivity index (χ0) is 14.1. The molecule has 0 aliphatic heterocycles. The number of hydrogen-bond donors (Lipinski definition) is 3. The number of carbonyl (C=O) groups is 1. The van der Waals surface area contributed by atoms with E-state index in [0.29, 0.717) is 5.69 Å². The first-order valence-electron chi connectivity index (χ1n) is 5.25. The van der Waals surface area contributed by atoms with Gasteiger partial charge < -0.3 is 11.1 Å². The molecule has 0 aromatic heterocycles. The number of benzene rings is 1. The Morgan fingerprint density at radius 1 is 1.33 bits per heavy atom. The number of nitrogens with two attached hydrogens (primary N) is 2. The molecule has 0 saturated heterocycles. The lowest BCUT2D eigenvalue weighted by molar-refractivity contribution is -0.120. The molecule has 0 unspecified atom stereocenters. The maximum Gasteiger partial charge on any atom is 0.243 e. The van der Waals surface area contributed by atoms with Crippen molar-refractivity contribution < 1.29 is 13.2 Å². The van der Waals surface area contributed by atoms with E-state index in [4.69, 9.17) is 10.9 Å². The molecule has 1 aromatic rings. The third-order valence-electron chi connectivity index (χ3n) is 2.37. The van der Waals surface area contributed by atoms with Crippen molar-refractivity contribution in [2.45, 2.75) is 31.2 Å². The van der Waals surface area contributed by atoms with Crippen LogP contribution >= 0.6 is 0 Å². The van der Waals surface area contributed by atoms with Crippen molar-refractivity contribution in [1.82, 2.24) is 0 Å². The Balaban J connectivity index is 3.14. The van der Waals surface area contributed by atoms with Crippen LogP contribution < -0.4 is 16.2 Å². The third-order valence-corrected chi connectivity index (χ3v) is 3.28. The molecule has 0 saturated carbocycles. The van der Waals surface area contributed by atoms with Crippen LogP contribution in [0.5, 0.6) is 0 Å². The van der Waals surface area contributed by atoms with Crippen LogP contribution in [0, 0.1) is 6.92 Å². The zero-order valence-corrected chi connectivity index (χ0v) is 11.3. The van der Waals surface area contributed by atoms with Gasteiger partial charge in [0, 0.05) is 5.69 Å². The molecule has 0 aliphatic carbocycles. The summed E-state index contributed by atoms with van der Waals surface area (Å²) in [7, 11) is -3.80. The molecule has 0 spiro atoms. The first-order valence-corrected chi connectivity index (χ1v) is 6.80. The topological polar surface area (TPSA) is 115 Å². The third kappa shape index (κ3) is 3.52. The second-order valence-electron chi connectivity index (χ2n) is 4.70. The van der Waals surface area contributed by atoms with Gasteiger partial charge in [0.1, 0.15) is 0 Å². The fourth-order valence-corrected chi connectivity index (χ4v) is 1.74. The standard InChI is InChI=1S/C11H17N3O3S/c1-7-4-5-8(18(13,16)17)6-9(7)14-10(15)11(2,3)12/h4-6H,12H2,1-3H3,(H,14,15)(H2,13,16,17). The molecule has 0 radical (unpaired) electrons. The van der Waals surface area contributed by atoms with Gasteiger partial charge in [0.05, 0.1) is 10.4 Å². The van der Waals surface area contributed by atoms with Gasteiger partial charge in [-0.2, -0.15) is 0 Å². The number of sulfonamides is 1. The smallest absolute Gasteiger partial charge is 0.243 e. The van der Waals surface area contributed by atoms with E-state index in [1.54, 1.807) is 26.8 Å². The predicted molar refractivity (Wildman–Crippen MR) is 69.4 cm³/mol. The Hall–Kier alpha value is -1.44. The minimum absolute atomic E-state index is 0.0572. The average Bonchev–Trinajstić information content (AvgIpc) is 2.18. The monoisotopic (exact) mass is 271 g/mol. The van der Waals surface area contributed by atoms with E-state index in [1.165, 1.54) is 12.1 Å². The Morgan fingerprint density at radius 2 is 1.89 bits per heavy atom. The highest BCUT2D eigenvalue weighted by molar-refractivity contribution is 7.89. The van der Waals surface area contributed by atoms with Crippen LogP contribution in [0.15, 0.2) is 23.1 Å². The number of primary sulfonamides is 1. The molecule has 6 nitrogen and oxygen atoms in total. The first-order chi connectivity index (χ1) is 8.01. The largest absolute Gasteiger partial charge is 0.324 e. The highest BCUT2D eigenvalue weighted by atomic mass is 32.2. The lowest BCUT2D eigenvalue weighted by atomic mass is 10.1. The average molecular weight is 271 g/mol. The van der Waals surface area contributed by atoms with Crippen LogP contribution in [-0.2, 0) is 14.8 Å². The molecule has 1 amide bonds. The Labute approximate surface area is 106 Å². The van der Waals surface area contributed by atoms with Crippen molar-refractivity contribution in [3.8, 4) is 0 Å². The molecule has 0 heterocycles. The lowest BCUT2D eigenvalue weighted by Crippen LogP contribution is -2.45. The molecule has 0 fully saturated rings. The van der Waals surface area contributed by atoms with Crippen molar-refractivity contribution in [2.75, 3.05) is 5.32 Å². The Bertz CT molecular complexity index is 574. The molecule has 5 N–H and O–H groups in total. The van der Waals surface area contributed by atoms with Gasteiger partial charge >= 0.3 is 0 Å². The molecule has 100 valence electrons. The van der Waals surface area contributed by atoms with E-state index < -0.39 is 21.5 Å². The summed E-state index contributed by atoms with van der Waals surface area (Å²) in [5, 5.41) is 7.61. The van der Waals surface area contributed by atoms with E-state index in [1.807, 2.05) is 0 Å². The van der Waals surface area contributed by atoms with Crippen LogP contribution in [0.3, 0.4) is 0 Å². The summed E-state index contributed by atoms with van der Waals surface area (Å²) in [4.78, 5) is 11.7. The summed E-state index contributed by atoms with van der Waals surface area (Å²) in [5.74, 6) is -0.405. The van der Waals surface area contributed by atoms with E-state index in [-0.39, 0.29) is 4.90 Å². The predicted octanol–water partition coefficient (Wildman–Crippen LogP) is 0.318. The highest BCUT2D eigenvalue weighted by Gasteiger charge is 2.22. The summed E-state index contributed by atoms with van der Waals surface area (Å²) in [6, 6.07) is 4.26. The van der Waals surface area contributed by atoms with Gasteiger partial charge in [-0.1, -0.05) is 6.07 Å². The molecule has 0 aliphatic rings. The van der Waals surface area contributed by atoms with Crippen molar-refractivity contribution in [3.63, 3.8) is 0 Å². The van der Waals surface area contributed by atoms with Crippen LogP contribution in [0.4, 0.5) is 5.69 Å². The molecular formula is C11H17N3O3S. The minimum atomic E-state index is -3.80. The van der Waals surface area contributed by atoms with Crippen LogP contribution in [0.2, 0.25) is 0 Å². The first kappa shape index (κ1) is 14.6. The molecular weight excluding hydrogens is 254 g/mol. The van der Waals surface area contributed by atoms with Gasteiger partial charge in [-0.05, 0) is 38.5 Å². The van der Waals surface area contributed by atoms with Gasteiger partial charge in [-0.25, -0.2) is 13.6 Å². The van der Waals surface area contributed by atoms with Crippen molar-refractivity contribution in [1.29, 1.82) is 0 Å². The number of amides is 1. The normalized spacial score (nSPS) is 12.3. The molecule has 7 heteroatoms. The molecule has 0 atom stereocenters. The van der Waals surface area contributed by atoms with Crippen LogP contribution in [0.1, 0.15) is 19.4 Å². The van der Waals surface area contributed by atoms with Gasteiger partial charge in [0.2, 0.25) is 15.9 Å². The number of carbonyl (C=O) groups excluding carboxylic acids is 1. The summed E-state index contributed by atoms with van der Waals surface area (Å²) in [6.45, 7) is 4.86. The zero-order valence-electron chi connectivity index (χ0n) is 10.5. The highest BCUT2D eigenvalue weighted by Crippen LogP contribution is 2.20. The van der Waals surface area contributed by atoms with Crippen molar-refractivity contribution in [3.05, 3.63) is 23.8 Å². The van der Waals surface area contributed by atoms with E-state index in [2.05, 4.69) is 5.32 Å². The van der Waals surface area contributed by atoms with Gasteiger partial charge in [-0.15, -0.1) is 0 Å². The maximum absolute atomic E-state index is 11.7. The summed E-state index contributed by atoms with van der Waals surface area (Å²) < 4.78 is 22.4. The second kappa shape index (κ2) is 4.68. The van der Waals surface area contributed by atoms with E-state index in [9.17, 15) is 13.2 Å². The number of rotatable bonds is 3. The summed E-state index contributed by atoms with van der Waals surface area (Å²) in [5.41, 5.74) is 5.70. The quantitative estimate of drug-likeness (QED) is 0.734. The number of aryl methyl sites for hydroxylation is 1. The van der Waals surface area contributed by atoms with Gasteiger partial charge in [0.15, 0.2) is 0 Å². The molecule has 0 bridgehead atoms. The second-order valence-corrected chi connectivity index (χ2v) is 6.26. The Morgan fingerprint density at radius 3 is 2.33 bits per heavy atom.